The first-order chi connectivity index (χ1) is 8.67. The monoisotopic (exact) mass is 376 g/mol. The molecular formula is C14H22Br2N2. The Balaban J connectivity index is 2.19. The summed E-state index contributed by atoms with van der Waals surface area (Å²) in [4.78, 5) is 2.46. The Hall–Kier alpha value is 0.1000. The van der Waals surface area contributed by atoms with Crippen molar-refractivity contribution in [1.82, 2.24) is 10.2 Å². The van der Waals surface area contributed by atoms with Crippen LogP contribution in [-0.2, 0) is 6.54 Å². The minimum absolute atomic E-state index is 0.935. The van der Waals surface area contributed by atoms with Crippen LogP contribution >= 0.6 is 31.9 Å². The highest BCUT2D eigenvalue weighted by Gasteiger charge is 2.00. The molecule has 1 aromatic carbocycles. The average molecular weight is 378 g/mol. The number of hydrogen-bond donors (Lipinski definition) is 1. The van der Waals surface area contributed by atoms with Crippen LogP contribution in [0.5, 0.6) is 0 Å². The zero-order valence-corrected chi connectivity index (χ0v) is 14.3. The summed E-state index contributed by atoms with van der Waals surface area (Å²) in [5.74, 6) is 0. The topological polar surface area (TPSA) is 15.3 Å². The van der Waals surface area contributed by atoms with Crippen LogP contribution in [0.3, 0.4) is 0 Å². The fraction of sp³-hybridized carbons (Fsp3) is 0.571. The molecule has 2 nitrogen and oxygen atoms in total. The third-order valence-corrected chi connectivity index (χ3v) is 4.92. The van der Waals surface area contributed by atoms with Crippen molar-refractivity contribution in [2.24, 2.45) is 0 Å². The lowest BCUT2D eigenvalue weighted by Gasteiger charge is -2.17. The molecule has 1 rings (SSSR count). The lowest BCUT2D eigenvalue weighted by molar-refractivity contribution is 0.298. The van der Waals surface area contributed by atoms with E-state index in [9.17, 15) is 0 Å². The van der Waals surface area contributed by atoms with Gasteiger partial charge >= 0.3 is 0 Å². The van der Waals surface area contributed by atoms with Gasteiger partial charge in [-0.1, -0.05) is 19.9 Å². The standard InChI is InChI=1S/C14H22Br2N2/c1-3-18(4-2)9-5-8-17-11-12-6-7-13(15)14(16)10-12/h6-7,10,17H,3-5,8-9,11H2,1-2H3. The number of rotatable bonds is 8. The minimum Gasteiger partial charge on any atom is -0.313 e. The van der Waals surface area contributed by atoms with Crippen molar-refractivity contribution in [3.8, 4) is 0 Å². The number of nitrogens with zero attached hydrogens (tertiary/aromatic N) is 1. The third-order valence-electron chi connectivity index (χ3n) is 3.04. The second kappa shape index (κ2) is 9.08. The van der Waals surface area contributed by atoms with E-state index in [0.717, 1.165) is 35.1 Å². The molecule has 0 amide bonds. The van der Waals surface area contributed by atoms with Crippen molar-refractivity contribution >= 4 is 31.9 Å². The summed E-state index contributed by atoms with van der Waals surface area (Å²) in [5.41, 5.74) is 1.31. The zero-order valence-electron chi connectivity index (χ0n) is 11.2. The summed E-state index contributed by atoms with van der Waals surface area (Å²) in [5, 5.41) is 3.49. The molecule has 0 radical (unpaired) electrons. The van der Waals surface area contributed by atoms with Crippen LogP contribution in [0, 0.1) is 0 Å². The first-order valence-electron chi connectivity index (χ1n) is 6.54. The predicted molar refractivity (Wildman–Crippen MR) is 86.0 cm³/mol. The van der Waals surface area contributed by atoms with Crippen molar-refractivity contribution in [2.75, 3.05) is 26.2 Å². The maximum Gasteiger partial charge on any atom is 0.0320 e. The summed E-state index contributed by atoms with van der Waals surface area (Å²) in [6.07, 6.45) is 1.21. The van der Waals surface area contributed by atoms with Crippen molar-refractivity contribution in [3.63, 3.8) is 0 Å². The second-order valence-corrected chi connectivity index (χ2v) is 6.01. The first kappa shape index (κ1) is 16.2. The fourth-order valence-corrected chi connectivity index (χ4v) is 2.52. The Kier molecular flexibility index (Phi) is 8.15. The Morgan fingerprint density at radius 2 is 1.83 bits per heavy atom. The molecule has 0 aromatic heterocycles. The molecule has 0 aliphatic carbocycles. The molecule has 0 heterocycles. The lowest BCUT2D eigenvalue weighted by Crippen LogP contribution is -2.27. The Bertz CT molecular complexity index is 352. The average Bonchev–Trinajstić information content (AvgIpc) is 2.38. The van der Waals surface area contributed by atoms with Gasteiger partial charge in [0.25, 0.3) is 0 Å². The van der Waals surface area contributed by atoms with Crippen molar-refractivity contribution in [3.05, 3.63) is 32.7 Å². The number of benzene rings is 1. The van der Waals surface area contributed by atoms with Crippen molar-refractivity contribution in [1.29, 1.82) is 0 Å². The van der Waals surface area contributed by atoms with E-state index in [-0.39, 0.29) is 0 Å². The van der Waals surface area contributed by atoms with Crippen LogP contribution in [-0.4, -0.2) is 31.1 Å². The Labute approximate surface area is 127 Å². The largest absolute Gasteiger partial charge is 0.313 e. The molecule has 18 heavy (non-hydrogen) atoms. The van der Waals surface area contributed by atoms with Gasteiger partial charge in [-0.15, -0.1) is 0 Å². The normalized spacial score (nSPS) is 11.2. The predicted octanol–water partition coefficient (Wildman–Crippen LogP) is 4.03. The van der Waals surface area contributed by atoms with E-state index >= 15 is 0 Å². The number of halogens is 2. The van der Waals surface area contributed by atoms with Gasteiger partial charge in [-0.3, -0.25) is 0 Å². The summed E-state index contributed by atoms with van der Waals surface area (Å²) < 4.78 is 2.22. The van der Waals surface area contributed by atoms with Crippen LogP contribution in [0.2, 0.25) is 0 Å². The van der Waals surface area contributed by atoms with E-state index in [1.54, 1.807) is 0 Å². The molecule has 0 aliphatic heterocycles. The number of nitrogens with one attached hydrogen (secondary N) is 1. The van der Waals surface area contributed by atoms with Gasteiger partial charge in [0.05, 0.1) is 0 Å². The van der Waals surface area contributed by atoms with E-state index in [4.69, 9.17) is 0 Å². The molecule has 0 fully saturated rings. The minimum atomic E-state index is 0.935. The van der Waals surface area contributed by atoms with Gasteiger partial charge in [0, 0.05) is 15.5 Å². The van der Waals surface area contributed by atoms with Gasteiger partial charge in [-0.05, 0) is 82.2 Å². The molecule has 4 heteroatoms. The smallest absolute Gasteiger partial charge is 0.0320 e. The van der Waals surface area contributed by atoms with E-state index in [2.05, 4.69) is 74.1 Å². The van der Waals surface area contributed by atoms with Gasteiger partial charge in [0.1, 0.15) is 0 Å². The van der Waals surface area contributed by atoms with Crippen molar-refractivity contribution < 1.29 is 0 Å². The molecule has 1 aromatic rings. The molecule has 0 bridgehead atoms. The van der Waals surface area contributed by atoms with Gasteiger partial charge in [-0.2, -0.15) is 0 Å². The SMILES string of the molecule is CCN(CC)CCCNCc1ccc(Br)c(Br)c1. The van der Waals surface area contributed by atoms with Crippen LogP contribution < -0.4 is 5.32 Å². The van der Waals surface area contributed by atoms with Gasteiger partial charge < -0.3 is 10.2 Å². The fourth-order valence-electron chi connectivity index (χ4n) is 1.85. The summed E-state index contributed by atoms with van der Waals surface area (Å²) in [6, 6.07) is 6.38. The van der Waals surface area contributed by atoms with E-state index in [1.807, 2.05) is 0 Å². The van der Waals surface area contributed by atoms with Crippen LogP contribution in [0.25, 0.3) is 0 Å². The van der Waals surface area contributed by atoms with E-state index < -0.39 is 0 Å². The summed E-state index contributed by atoms with van der Waals surface area (Å²) >= 11 is 7.01. The van der Waals surface area contributed by atoms with Crippen molar-refractivity contribution in [2.45, 2.75) is 26.8 Å². The third kappa shape index (κ3) is 5.83. The van der Waals surface area contributed by atoms with Gasteiger partial charge in [-0.25, -0.2) is 0 Å². The molecule has 0 saturated heterocycles. The molecule has 102 valence electrons. The second-order valence-electron chi connectivity index (χ2n) is 4.31. The van der Waals surface area contributed by atoms with E-state index in [1.165, 1.54) is 18.5 Å². The lowest BCUT2D eigenvalue weighted by atomic mass is 10.2. The molecule has 1 N–H and O–H groups in total. The van der Waals surface area contributed by atoms with Gasteiger partial charge in [0.15, 0.2) is 0 Å². The summed E-state index contributed by atoms with van der Waals surface area (Å²) in [6.45, 7) is 9.93. The molecule has 0 aliphatic rings. The highest BCUT2D eigenvalue weighted by Crippen LogP contribution is 2.23. The molecule has 0 spiro atoms. The van der Waals surface area contributed by atoms with Crippen LogP contribution in [0.15, 0.2) is 27.1 Å². The highest BCUT2D eigenvalue weighted by molar-refractivity contribution is 9.13. The maximum atomic E-state index is 3.53. The summed E-state index contributed by atoms with van der Waals surface area (Å²) in [7, 11) is 0. The van der Waals surface area contributed by atoms with E-state index in [0.29, 0.717) is 0 Å². The van der Waals surface area contributed by atoms with Crippen LogP contribution in [0.1, 0.15) is 25.8 Å². The quantitative estimate of drug-likeness (QED) is 0.688. The Morgan fingerprint density at radius 1 is 1.11 bits per heavy atom. The molecule has 0 unspecified atom stereocenters. The number of hydrogen-bond acceptors (Lipinski definition) is 2. The Morgan fingerprint density at radius 3 is 2.44 bits per heavy atom. The highest BCUT2D eigenvalue weighted by atomic mass is 79.9. The van der Waals surface area contributed by atoms with Crippen LogP contribution in [0.4, 0.5) is 0 Å². The zero-order chi connectivity index (χ0) is 13.4. The van der Waals surface area contributed by atoms with Gasteiger partial charge in [0.2, 0.25) is 0 Å². The molecule has 0 saturated carbocycles. The molecular weight excluding hydrogens is 356 g/mol. The maximum absolute atomic E-state index is 3.53. The first-order valence-corrected chi connectivity index (χ1v) is 8.13. The molecule has 0 atom stereocenters.